The molecule has 1 heterocycles. The first-order valence-corrected chi connectivity index (χ1v) is 4.77. The molecule has 0 saturated heterocycles. The Kier molecular flexibility index (Phi) is 5.43. The molecule has 1 aromatic heterocycles. The highest BCUT2D eigenvalue weighted by atomic mass is 15.3. The highest BCUT2D eigenvalue weighted by Crippen LogP contribution is 2.04. The molecule has 0 saturated carbocycles. The van der Waals surface area contributed by atoms with Gasteiger partial charge >= 0.3 is 0 Å². The van der Waals surface area contributed by atoms with Crippen molar-refractivity contribution in [1.29, 1.82) is 0 Å². The number of aromatic nitrogens is 2. The van der Waals surface area contributed by atoms with Crippen molar-refractivity contribution in [3.05, 3.63) is 18.0 Å². The van der Waals surface area contributed by atoms with Crippen LogP contribution in [0.3, 0.4) is 0 Å². The summed E-state index contributed by atoms with van der Waals surface area (Å²) in [7, 11) is 0. The molecule has 2 heteroatoms. The zero-order valence-corrected chi connectivity index (χ0v) is 8.83. The van der Waals surface area contributed by atoms with Crippen LogP contribution in [0, 0.1) is 0 Å². The fourth-order valence-corrected chi connectivity index (χ4v) is 0.842. The van der Waals surface area contributed by atoms with Gasteiger partial charge in [0.25, 0.3) is 0 Å². The first-order chi connectivity index (χ1) is 5.74. The van der Waals surface area contributed by atoms with Gasteiger partial charge in [0.2, 0.25) is 0 Å². The summed E-state index contributed by atoms with van der Waals surface area (Å²) in [6.45, 7) is 10.4. The van der Waals surface area contributed by atoms with Gasteiger partial charge in [-0.25, -0.2) is 0 Å². The Balaban J connectivity index is 0.000000561. The van der Waals surface area contributed by atoms with Crippen molar-refractivity contribution in [3.8, 4) is 0 Å². The lowest BCUT2D eigenvalue weighted by atomic mass is 10.3. The minimum atomic E-state index is 0.486. The molecular formula is C10H20N2. The Hall–Kier alpha value is -0.790. The summed E-state index contributed by atoms with van der Waals surface area (Å²) < 4.78 is 1.98. The summed E-state index contributed by atoms with van der Waals surface area (Å²) in [5.41, 5.74) is 1.31. The average molecular weight is 168 g/mol. The molecule has 0 unspecified atom stereocenters. The van der Waals surface area contributed by atoms with Crippen LogP contribution in [0.25, 0.3) is 0 Å². The molecule has 0 amide bonds. The normalized spacial score (nSPS) is 9.50. The third-order valence-corrected chi connectivity index (χ3v) is 1.59. The first kappa shape index (κ1) is 11.2. The van der Waals surface area contributed by atoms with Crippen molar-refractivity contribution in [2.75, 3.05) is 0 Å². The van der Waals surface area contributed by atoms with Crippen LogP contribution in [0.15, 0.2) is 12.4 Å². The van der Waals surface area contributed by atoms with Gasteiger partial charge in [-0.15, -0.1) is 0 Å². The maximum absolute atomic E-state index is 4.20. The molecule has 2 nitrogen and oxygen atoms in total. The summed E-state index contributed by atoms with van der Waals surface area (Å²) in [6, 6.07) is 0.486. The Morgan fingerprint density at radius 3 is 2.25 bits per heavy atom. The fraction of sp³-hybridized carbons (Fsp3) is 0.700. The van der Waals surface area contributed by atoms with Crippen LogP contribution >= 0.6 is 0 Å². The van der Waals surface area contributed by atoms with Crippen LogP contribution in [0.5, 0.6) is 0 Å². The lowest BCUT2D eigenvalue weighted by molar-refractivity contribution is 0.532. The standard InChI is InChI=1S/C8H14N2.C2H6/c1-4-8-5-9-10(6-8)7(2)3;1-2/h5-7H,4H2,1-3H3;1-2H3. The SMILES string of the molecule is CC.CCc1cnn(C(C)C)c1. The maximum Gasteiger partial charge on any atom is 0.0521 e. The lowest BCUT2D eigenvalue weighted by Crippen LogP contribution is -1.99. The second-order valence-electron chi connectivity index (χ2n) is 2.78. The second-order valence-corrected chi connectivity index (χ2v) is 2.78. The van der Waals surface area contributed by atoms with E-state index >= 15 is 0 Å². The molecule has 0 N–H and O–H groups in total. The van der Waals surface area contributed by atoms with Crippen molar-refractivity contribution in [1.82, 2.24) is 9.78 Å². The van der Waals surface area contributed by atoms with Crippen molar-refractivity contribution < 1.29 is 0 Å². The minimum Gasteiger partial charge on any atom is -0.270 e. The summed E-state index contributed by atoms with van der Waals surface area (Å²) in [4.78, 5) is 0. The Morgan fingerprint density at radius 2 is 2.00 bits per heavy atom. The van der Waals surface area contributed by atoms with Crippen LogP contribution in [-0.2, 0) is 6.42 Å². The van der Waals surface area contributed by atoms with Crippen LogP contribution in [0.2, 0.25) is 0 Å². The van der Waals surface area contributed by atoms with Crippen LogP contribution in [-0.4, -0.2) is 9.78 Å². The molecule has 0 aromatic carbocycles. The van der Waals surface area contributed by atoms with Crippen molar-refractivity contribution in [2.45, 2.75) is 47.1 Å². The molecular weight excluding hydrogens is 148 g/mol. The van der Waals surface area contributed by atoms with E-state index < -0.39 is 0 Å². The Bertz CT molecular complexity index is 201. The largest absolute Gasteiger partial charge is 0.270 e. The quantitative estimate of drug-likeness (QED) is 0.663. The molecule has 0 spiro atoms. The van der Waals surface area contributed by atoms with Crippen molar-refractivity contribution >= 4 is 0 Å². The Labute approximate surface area is 75.6 Å². The van der Waals surface area contributed by atoms with Gasteiger partial charge in [-0.05, 0) is 25.8 Å². The zero-order chi connectivity index (χ0) is 9.56. The van der Waals surface area contributed by atoms with E-state index in [2.05, 4.69) is 32.1 Å². The summed E-state index contributed by atoms with van der Waals surface area (Å²) >= 11 is 0. The molecule has 1 aromatic rings. The van der Waals surface area contributed by atoms with E-state index in [4.69, 9.17) is 0 Å². The van der Waals surface area contributed by atoms with Gasteiger partial charge < -0.3 is 0 Å². The molecule has 0 aliphatic carbocycles. The number of aryl methyl sites for hydroxylation is 1. The molecule has 1 rings (SSSR count). The van der Waals surface area contributed by atoms with E-state index in [1.54, 1.807) is 0 Å². The smallest absolute Gasteiger partial charge is 0.0521 e. The van der Waals surface area contributed by atoms with E-state index in [1.165, 1.54) is 5.56 Å². The predicted octanol–water partition coefficient (Wildman–Crippen LogP) is 3.05. The molecule has 12 heavy (non-hydrogen) atoms. The van der Waals surface area contributed by atoms with Gasteiger partial charge in [0.15, 0.2) is 0 Å². The van der Waals surface area contributed by atoms with Crippen molar-refractivity contribution in [2.24, 2.45) is 0 Å². The maximum atomic E-state index is 4.20. The molecule has 0 fully saturated rings. The van der Waals surface area contributed by atoms with Gasteiger partial charge in [-0.3, -0.25) is 4.68 Å². The highest BCUT2D eigenvalue weighted by molar-refractivity contribution is 5.03. The number of nitrogens with zero attached hydrogens (tertiary/aromatic N) is 2. The second kappa shape index (κ2) is 5.81. The van der Waals surface area contributed by atoms with Gasteiger partial charge in [0, 0.05) is 12.2 Å². The van der Waals surface area contributed by atoms with Gasteiger partial charge in [0.05, 0.1) is 6.20 Å². The highest BCUT2D eigenvalue weighted by Gasteiger charge is 1.98. The molecule has 0 radical (unpaired) electrons. The zero-order valence-electron chi connectivity index (χ0n) is 8.83. The summed E-state index contributed by atoms with van der Waals surface area (Å²) in [5.74, 6) is 0. The predicted molar refractivity (Wildman–Crippen MR) is 53.3 cm³/mol. The summed E-state index contributed by atoms with van der Waals surface area (Å²) in [5, 5.41) is 4.20. The fourth-order valence-electron chi connectivity index (χ4n) is 0.842. The number of rotatable bonds is 2. The van der Waals surface area contributed by atoms with E-state index in [0.29, 0.717) is 6.04 Å². The van der Waals surface area contributed by atoms with Crippen LogP contribution in [0.1, 0.15) is 46.2 Å². The monoisotopic (exact) mass is 168 g/mol. The molecule has 0 aliphatic heterocycles. The lowest BCUT2D eigenvalue weighted by Gasteiger charge is -2.02. The third kappa shape index (κ3) is 3.07. The number of hydrogen-bond donors (Lipinski definition) is 0. The Morgan fingerprint density at radius 1 is 1.42 bits per heavy atom. The van der Waals surface area contributed by atoms with Gasteiger partial charge in [0.1, 0.15) is 0 Å². The average Bonchev–Trinajstić information content (AvgIpc) is 2.55. The van der Waals surface area contributed by atoms with Crippen molar-refractivity contribution in [3.63, 3.8) is 0 Å². The third-order valence-electron chi connectivity index (χ3n) is 1.59. The van der Waals surface area contributed by atoms with Crippen LogP contribution in [0.4, 0.5) is 0 Å². The molecule has 0 bridgehead atoms. The molecule has 0 aliphatic rings. The van der Waals surface area contributed by atoms with Crippen LogP contribution < -0.4 is 0 Å². The van der Waals surface area contributed by atoms with E-state index in [0.717, 1.165) is 6.42 Å². The van der Waals surface area contributed by atoms with E-state index in [1.807, 2.05) is 24.7 Å². The summed E-state index contributed by atoms with van der Waals surface area (Å²) in [6.07, 6.45) is 5.11. The van der Waals surface area contributed by atoms with E-state index in [-0.39, 0.29) is 0 Å². The van der Waals surface area contributed by atoms with E-state index in [9.17, 15) is 0 Å². The van der Waals surface area contributed by atoms with Gasteiger partial charge in [-0.1, -0.05) is 20.8 Å². The molecule has 0 atom stereocenters. The topological polar surface area (TPSA) is 17.8 Å². The first-order valence-electron chi connectivity index (χ1n) is 4.77. The number of hydrogen-bond acceptors (Lipinski definition) is 1. The molecule has 70 valence electrons. The van der Waals surface area contributed by atoms with Gasteiger partial charge in [-0.2, -0.15) is 5.10 Å². The minimum absolute atomic E-state index is 0.486.